The van der Waals surface area contributed by atoms with Crippen LogP contribution in [-0.4, -0.2) is 15.9 Å². The maximum Gasteiger partial charge on any atom is 0.255 e. The molecule has 0 aliphatic carbocycles. The monoisotopic (exact) mass is 325 g/mol. The SMILES string of the molecule is O=C(Nc1cncnc1)c1ccc(I)cc1. The Bertz CT molecular complexity index is 484. The molecule has 0 atom stereocenters. The molecule has 0 bridgehead atoms. The van der Waals surface area contributed by atoms with Crippen LogP contribution in [0.4, 0.5) is 5.69 Å². The molecule has 0 fully saturated rings. The molecule has 1 aromatic carbocycles. The molecular formula is C11H8IN3O. The fourth-order valence-electron chi connectivity index (χ4n) is 1.17. The van der Waals surface area contributed by atoms with Crippen LogP contribution in [0, 0.1) is 3.57 Å². The summed E-state index contributed by atoms with van der Waals surface area (Å²) in [6.07, 6.45) is 4.52. The average Bonchev–Trinajstić information content (AvgIpc) is 2.31. The van der Waals surface area contributed by atoms with E-state index in [-0.39, 0.29) is 5.91 Å². The molecule has 16 heavy (non-hydrogen) atoms. The maximum atomic E-state index is 11.8. The second-order valence-corrected chi connectivity index (χ2v) is 4.33. The first-order valence-corrected chi connectivity index (χ1v) is 5.65. The lowest BCUT2D eigenvalue weighted by molar-refractivity contribution is 0.102. The number of halogens is 1. The Morgan fingerprint density at radius 1 is 1.12 bits per heavy atom. The summed E-state index contributed by atoms with van der Waals surface area (Å²) < 4.78 is 1.09. The second-order valence-electron chi connectivity index (χ2n) is 3.09. The molecule has 1 heterocycles. The van der Waals surface area contributed by atoms with Crippen molar-refractivity contribution < 1.29 is 4.79 Å². The summed E-state index contributed by atoms with van der Waals surface area (Å²) in [7, 11) is 0. The third kappa shape index (κ3) is 2.75. The number of hydrogen-bond donors (Lipinski definition) is 1. The van der Waals surface area contributed by atoms with Gasteiger partial charge in [-0.25, -0.2) is 9.97 Å². The molecule has 0 spiro atoms. The lowest BCUT2D eigenvalue weighted by Crippen LogP contribution is -2.12. The molecule has 0 saturated heterocycles. The van der Waals surface area contributed by atoms with Crippen LogP contribution in [-0.2, 0) is 0 Å². The van der Waals surface area contributed by atoms with Crippen molar-refractivity contribution in [2.45, 2.75) is 0 Å². The molecule has 2 aromatic rings. The van der Waals surface area contributed by atoms with Gasteiger partial charge < -0.3 is 5.32 Å². The maximum absolute atomic E-state index is 11.8. The van der Waals surface area contributed by atoms with Crippen LogP contribution < -0.4 is 5.32 Å². The van der Waals surface area contributed by atoms with Gasteiger partial charge in [-0.3, -0.25) is 4.79 Å². The Balaban J connectivity index is 2.12. The Kier molecular flexibility index (Phi) is 3.45. The quantitative estimate of drug-likeness (QED) is 0.863. The van der Waals surface area contributed by atoms with Crippen molar-refractivity contribution in [1.29, 1.82) is 0 Å². The Morgan fingerprint density at radius 3 is 2.38 bits per heavy atom. The molecule has 2 rings (SSSR count). The van der Waals surface area contributed by atoms with E-state index in [4.69, 9.17) is 0 Å². The van der Waals surface area contributed by atoms with Crippen molar-refractivity contribution in [1.82, 2.24) is 9.97 Å². The predicted molar refractivity (Wildman–Crippen MR) is 69.1 cm³/mol. The summed E-state index contributed by atoms with van der Waals surface area (Å²) in [5.74, 6) is -0.161. The first-order chi connectivity index (χ1) is 7.75. The van der Waals surface area contributed by atoms with Crippen molar-refractivity contribution in [3.8, 4) is 0 Å². The number of nitrogens with zero attached hydrogens (tertiary/aromatic N) is 2. The van der Waals surface area contributed by atoms with E-state index in [0.29, 0.717) is 11.3 Å². The normalized spacial score (nSPS) is 9.81. The van der Waals surface area contributed by atoms with Gasteiger partial charge in [-0.15, -0.1) is 0 Å². The van der Waals surface area contributed by atoms with Crippen LogP contribution in [0.1, 0.15) is 10.4 Å². The zero-order valence-electron chi connectivity index (χ0n) is 8.22. The number of aromatic nitrogens is 2. The van der Waals surface area contributed by atoms with Crippen LogP contribution in [0.15, 0.2) is 43.0 Å². The first-order valence-electron chi connectivity index (χ1n) is 4.57. The Labute approximate surface area is 106 Å². The van der Waals surface area contributed by atoms with Crippen LogP contribution in [0.25, 0.3) is 0 Å². The highest BCUT2D eigenvalue weighted by molar-refractivity contribution is 14.1. The first kappa shape index (κ1) is 11.0. The van der Waals surface area contributed by atoms with E-state index in [1.807, 2.05) is 12.1 Å². The topological polar surface area (TPSA) is 54.9 Å². The van der Waals surface area contributed by atoms with Gasteiger partial charge in [0.25, 0.3) is 5.91 Å². The molecule has 4 nitrogen and oxygen atoms in total. The van der Waals surface area contributed by atoms with Gasteiger partial charge in [0, 0.05) is 9.13 Å². The number of carbonyl (C=O) groups is 1. The largest absolute Gasteiger partial charge is 0.319 e. The summed E-state index contributed by atoms with van der Waals surface area (Å²) in [5, 5.41) is 2.71. The molecule has 0 saturated carbocycles. The highest BCUT2D eigenvalue weighted by atomic mass is 127. The van der Waals surface area contributed by atoms with E-state index in [2.05, 4.69) is 37.9 Å². The zero-order valence-corrected chi connectivity index (χ0v) is 10.4. The minimum absolute atomic E-state index is 0.161. The number of benzene rings is 1. The fourth-order valence-corrected chi connectivity index (χ4v) is 1.53. The number of hydrogen-bond acceptors (Lipinski definition) is 3. The lowest BCUT2D eigenvalue weighted by atomic mass is 10.2. The minimum Gasteiger partial charge on any atom is -0.319 e. The molecular weight excluding hydrogens is 317 g/mol. The third-order valence-electron chi connectivity index (χ3n) is 1.92. The van der Waals surface area contributed by atoms with E-state index in [1.165, 1.54) is 6.33 Å². The van der Waals surface area contributed by atoms with E-state index in [1.54, 1.807) is 24.5 Å². The van der Waals surface area contributed by atoms with E-state index >= 15 is 0 Å². The summed E-state index contributed by atoms with van der Waals surface area (Å²) in [6.45, 7) is 0. The van der Waals surface area contributed by atoms with Gasteiger partial charge in [0.2, 0.25) is 0 Å². The average molecular weight is 325 g/mol. The van der Waals surface area contributed by atoms with Crippen LogP contribution >= 0.6 is 22.6 Å². The van der Waals surface area contributed by atoms with Crippen molar-refractivity contribution in [3.63, 3.8) is 0 Å². The molecule has 1 N–H and O–H groups in total. The number of anilines is 1. The molecule has 80 valence electrons. The molecule has 0 unspecified atom stereocenters. The van der Waals surface area contributed by atoms with Gasteiger partial charge in [0.15, 0.2) is 0 Å². The predicted octanol–water partition coefficient (Wildman–Crippen LogP) is 2.33. The molecule has 0 radical (unpaired) electrons. The molecule has 0 aliphatic heterocycles. The number of carbonyl (C=O) groups excluding carboxylic acids is 1. The fraction of sp³-hybridized carbons (Fsp3) is 0. The van der Waals surface area contributed by atoms with E-state index < -0.39 is 0 Å². The van der Waals surface area contributed by atoms with Gasteiger partial charge in [0.1, 0.15) is 6.33 Å². The highest BCUT2D eigenvalue weighted by Gasteiger charge is 2.05. The summed E-state index contributed by atoms with van der Waals surface area (Å²) in [5.41, 5.74) is 1.20. The molecule has 0 aliphatic rings. The standard InChI is InChI=1S/C11H8IN3O/c12-9-3-1-8(2-4-9)11(16)15-10-5-13-7-14-6-10/h1-7H,(H,15,16). The smallest absolute Gasteiger partial charge is 0.255 e. The minimum atomic E-state index is -0.161. The summed E-state index contributed by atoms with van der Waals surface area (Å²) in [4.78, 5) is 19.4. The van der Waals surface area contributed by atoms with Gasteiger partial charge in [-0.1, -0.05) is 0 Å². The molecule has 1 aromatic heterocycles. The highest BCUT2D eigenvalue weighted by Crippen LogP contribution is 2.09. The number of amides is 1. The Morgan fingerprint density at radius 2 is 1.75 bits per heavy atom. The van der Waals surface area contributed by atoms with E-state index in [0.717, 1.165) is 3.57 Å². The Hall–Kier alpha value is -1.50. The van der Waals surface area contributed by atoms with Crippen molar-refractivity contribution in [3.05, 3.63) is 52.1 Å². The third-order valence-corrected chi connectivity index (χ3v) is 2.64. The van der Waals surface area contributed by atoms with Crippen molar-refractivity contribution in [2.75, 3.05) is 5.32 Å². The summed E-state index contributed by atoms with van der Waals surface area (Å²) >= 11 is 2.19. The molecule has 5 heteroatoms. The second kappa shape index (κ2) is 5.02. The number of rotatable bonds is 2. The lowest BCUT2D eigenvalue weighted by Gasteiger charge is -2.03. The summed E-state index contributed by atoms with van der Waals surface area (Å²) in [6, 6.07) is 7.33. The van der Waals surface area contributed by atoms with Gasteiger partial charge in [0.05, 0.1) is 18.1 Å². The van der Waals surface area contributed by atoms with Crippen LogP contribution in [0.5, 0.6) is 0 Å². The molecule has 1 amide bonds. The van der Waals surface area contributed by atoms with Crippen LogP contribution in [0.3, 0.4) is 0 Å². The number of nitrogens with one attached hydrogen (secondary N) is 1. The van der Waals surface area contributed by atoms with Gasteiger partial charge in [-0.05, 0) is 46.9 Å². The van der Waals surface area contributed by atoms with Gasteiger partial charge in [-0.2, -0.15) is 0 Å². The van der Waals surface area contributed by atoms with Crippen LogP contribution in [0.2, 0.25) is 0 Å². The van der Waals surface area contributed by atoms with E-state index in [9.17, 15) is 4.79 Å². The van der Waals surface area contributed by atoms with Crippen molar-refractivity contribution >= 4 is 34.2 Å². The van der Waals surface area contributed by atoms with Gasteiger partial charge >= 0.3 is 0 Å². The van der Waals surface area contributed by atoms with Crippen molar-refractivity contribution in [2.24, 2.45) is 0 Å². The zero-order chi connectivity index (χ0) is 11.4.